The number of sulfone groups is 1. The highest BCUT2D eigenvalue weighted by Crippen LogP contribution is 2.27. The second kappa shape index (κ2) is 5.42. The van der Waals surface area contributed by atoms with Gasteiger partial charge in [0.1, 0.15) is 6.04 Å². The van der Waals surface area contributed by atoms with E-state index in [9.17, 15) is 13.2 Å². The molecule has 0 saturated carbocycles. The maximum atomic E-state index is 12.6. The number of carbonyl (C=O) groups is 1. The van der Waals surface area contributed by atoms with Crippen LogP contribution in [0.5, 0.6) is 0 Å². The number of hydrogen-bond donors (Lipinski definition) is 1. The lowest BCUT2D eigenvalue weighted by Gasteiger charge is -2.23. The van der Waals surface area contributed by atoms with Gasteiger partial charge in [-0.15, -0.1) is 0 Å². The van der Waals surface area contributed by atoms with E-state index in [-0.39, 0.29) is 23.9 Å². The first-order valence-corrected chi connectivity index (χ1v) is 9.03. The molecule has 0 bridgehead atoms. The predicted molar refractivity (Wildman–Crippen MR) is 80.3 cm³/mol. The van der Waals surface area contributed by atoms with Crippen LogP contribution >= 0.6 is 0 Å². The molecule has 3 atom stereocenters. The van der Waals surface area contributed by atoms with Crippen LogP contribution in [0.2, 0.25) is 0 Å². The van der Waals surface area contributed by atoms with Gasteiger partial charge < -0.3 is 4.90 Å². The van der Waals surface area contributed by atoms with Crippen molar-refractivity contribution in [3.05, 3.63) is 35.9 Å². The summed E-state index contributed by atoms with van der Waals surface area (Å²) in [6.07, 6.45) is 1.23. The van der Waals surface area contributed by atoms with Crippen LogP contribution in [-0.4, -0.2) is 42.9 Å². The van der Waals surface area contributed by atoms with Gasteiger partial charge in [0, 0.05) is 6.54 Å². The van der Waals surface area contributed by atoms with E-state index in [2.05, 4.69) is 5.32 Å². The average molecular weight is 308 g/mol. The Balaban J connectivity index is 1.77. The van der Waals surface area contributed by atoms with E-state index in [1.807, 2.05) is 37.3 Å². The Morgan fingerprint density at radius 2 is 2.00 bits per heavy atom. The van der Waals surface area contributed by atoms with Crippen molar-refractivity contribution in [2.24, 2.45) is 0 Å². The molecule has 1 aromatic carbocycles. The maximum Gasteiger partial charge on any atom is 0.245 e. The molecule has 0 aliphatic carbocycles. The van der Waals surface area contributed by atoms with Crippen molar-refractivity contribution in [3.63, 3.8) is 0 Å². The minimum atomic E-state index is -3.03. The molecule has 1 amide bonds. The summed E-state index contributed by atoms with van der Waals surface area (Å²) in [5, 5.41) is 2.85. The fraction of sp³-hybridized carbons (Fsp3) is 0.533. The van der Waals surface area contributed by atoms with Gasteiger partial charge in [-0.3, -0.25) is 10.1 Å². The number of nitrogens with one attached hydrogen (secondary N) is 1. The molecule has 3 unspecified atom stereocenters. The molecular weight excluding hydrogens is 288 g/mol. The molecule has 1 aromatic rings. The van der Waals surface area contributed by atoms with Crippen molar-refractivity contribution in [2.75, 3.05) is 12.3 Å². The molecule has 0 aromatic heterocycles. The summed E-state index contributed by atoms with van der Waals surface area (Å²) in [7, 11) is -3.03. The summed E-state index contributed by atoms with van der Waals surface area (Å²) >= 11 is 0. The third-order valence-corrected chi connectivity index (χ3v) is 6.66. The third kappa shape index (κ3) is 2.70. The number of amides is 1. The number of benzene rings is 1. The largest absolute Gasteiger partial charge is 0.324 e. The first kappa shape index (κ1) is 14.5. The zero-order valence-corrected chi connectivity index (χ0v) is 12.8. The monoisotopic (exact) mass is 308 g/mol. The Hall–Kier alpha value is -1.40. The molecule has 0 spiro atoms. The van der Waals surface area contributed by atoms with Gasteiger partial charge in [-0.2, -0.15) is 0 Å². The van der Waals surface area contributed by atoms with Gasteiger partial charge in [-0.1, -0.05) is 30.3 Å². The van der Waals surface area contributed by atoms with Crippen molar-refractivity contribution in [2.45, 2.75) is 37.2 Å². The summed E-state index contributed by atoms with van der Waals surface area (Å²) in [4.78, 5) is 14.3. The molecule has 0 radical (unpaired) electrons. The number of carbonyl (C=O) groups excluding carboxylic acids is 1. The smallest absolute Gasteiger partial charge is 0.245 e. The van der Waals surface area contributed by atoms with Crippen LogP contribution in [0.3, 0.4) is 0 Å². The molecule has 114 valence electrons. The Kier molecular flexibility index (Phi) is 3.75. The third-order valence-electron chi connectivity index (χ3n) is 4.40. The SMILES string of the molecule is CC1NC(c2ccccc2)C(=O)N1CC1CCCS1(=O)=O. The van der Waals surface area contributed by atoms with Crippen LogP contribution in [0, 0.1) is 0 Å². The van der Waals surface area contributed by atoms with Crippen molar-refractivity contribution >= 4 is 15.7 Å². The summed E-state index contributed by atoms with van der Waals surface area (Å²) in [6.45, 7) is 2.21. The van der Waals surface area contributed by atoms with E-state index in [0.29, 0.717) is 19.4 Å². The number of nitrogens with zero attached hydrogens (tertiary/aromatic N) is 1. The Morgan fingerprint density at radius 3 is 2.62 bits per heavy atom. The van der Waals surface area contributed by atoms with Crippen molar-refractivity contribution in [1.29, 1.82) is 0 Å². The van der Waals surface area contributed by atoms with E-state index < -0.39 is 15.1 Å². The second-order valence-corrected chi connectivity index (χ2v) is 8.21. The molecule has 21 heavy (non-hydrogen) atoms. The minimum Gasteiger partial charge on any atom is -0.324 e. The van der Waals surface area contributed by atoms with E-state index in [1.54, 1.807) is 4.90 Å². The lowest BCUT2D eigenvalue weighted by Crippen LogP contribution is -2.41. The molecule has 6 heteroatoms. The van der Waals surface area contributed by atoms with Crippen molar-refractivity contribution in [1.82, 2.24) is 10.2 Å². The quantitative estimate of drug-likeness (QED) is 0.907. The lowest BCUT2D eigenvalue weighted by atomic mass is 10.1. The fourth-order valence-electron chi connectivity index (χ4n) is 3.17. The molecule has 2 heterocycles. The summed E-state index contributed by atoms with van der Waals surface area (Å²) in [6, 6.07) is 9.18. The van der Waals surface area contributed by atoms with Crippen LogP contribution in [0.25, 0.3) is 0 Å². The van der Waals surface area contributed by atoms with Gasteiger partial charge in [0.2, 0.25) is 5.91 Å². The number of rotatable bonds is 3. The van der Waals surface area contributed by atoms with Crippen LogP contribution in [-0.2, 0) is 14.6 Å². The molecular formula is C15H20N2O3S. The number of hydrogen-bond acceptors (Lipinski definition) is 4. The first-order valence-electron chi connectivity index (χ1n) is 7.32. The van der Waals surface area contributed by atoms with Gasteiger partial charge in [-0.25, -0.2) is 8.42 Å². The summed E-state index contributed by atoms with van der Waals surface area (Å²) < 4.78 is 23.9. The molecule has 3 rings (SSSR count). The van der Waals surface area contributed by atoms with Gasteiger partial charge >= 0.3 is 0 Å². The van der Waals surface area contributed by atoms with Gasteiger partial charge in [0.05, 0.1) is 17.2 Å². The zero-order valence-electron chi connectivity index (χ0n) is 12.0. The Labute approximate surface area is 125 Å². The maximum absolute atomic E-state index is 12.6. The van der Waals surface area contributed by atoms with Gasteiger partial charge in [0.25, 0.3) is 0 Å². The Bertz CT molecular complexity index is 630. The highest BCUT2D eigenvalue weighted by atomic mass is 32.2. The van der Waals surface area contributed by atoms with E-state index in [1.165, 1.54) is 0 Å². The van der Waals surface area contributed by atoms with E-state index in [4.69, 9.17) is 0 Å². The average Bonchev–Trinajstić information content (AvgIpc) is 2.94. The van der Waals surface area contributed by atoms with Crippen molar-refractivity contribution < 1.29 is 13.2 Å². The molecule has 2 fully saturated rings. The van der Waals surface area contributed by atoms with Crippen molar-refractivity contribution in [3.8, 4) is 0 Å². The lowest BCUT2D eigenvalue weighted by molar-refractivity contribution is -0.129. The topological polar surface area (TPSA) is 66.5 Å². The normalized spacial score (nSPS) is 31.8. The van der Waals surface area contributed by atoms with Crippen LogP contribution < -0.4 is 5.32 Å². The summed E-state index contributed by atoms with van der Waals surface area (Å²) in [5.41, 5.74) is 0.922. The van der Waals surface area contributed by atoms with E-state index >= 15 is 0 Å². The standard InChI is InChI=1S/C15H20N2O3S/c1-11-16-14(12-6-3-2-4-7-12)15(18)17(11)10-13-8-5-9-21(13,19)20/h2-4,6-7,11,13-14,16H,5,8-10H2,1H3. The molecule has 2 aliphatic heterocycles. The Morgan fingerprint density at radius 1 is 1.29 bits per heavy atom. The fourth-order valence-corrected chi connectivity index (χ4v) is 4.99. The van der Waals surface area contributed by atoms with Crippen LogP contribution in [0.4, 0.5) is 0 Å². The highest BCUT2D eigenvalue weighted by molar-refractivity contribution is 7.92. The summed E-state index contributed by atoms with van der Waals surface area (Å²) in [5.74, 6) is 0.222. The van der Waals surface area contributed by atoms with Crippen LogP contribution in [0.1, 0.15) is 31.4 Å². The minimum absolute atomic E-state index is 0.0317. The molecule has 1 N–H and O–H groups in total. The molecule has 2 saturated heterocycles. The van der Waals surface area contributed by atoms with Gasteiger partial charge in [-0.05, 0) is 25.3 Å². The molecule has 2 aliphatic rings. The van der Waals surface area contributed by atoms with Gasteiger partial charge in [0.15, 0.2) is 9.84 Å². The van der Waals surface area contributed by atoms with Crippen LogP contribution in [0.15, 0.2) is 30.3 Å². The van der Waals surface area contributed by atoms with E-state index in [0.717, 1.165) is 5.56 Å². The molecule has 5 nitrogen and oxygen atoms in total. The zero-order chi connectivity index (χ0) is 15.0. The first-order chi connectivity index (χ1) is 9.99. The highest BCUT2D eigenvalue weighted by Gasteiger charge is 2.41. The predicted octanol–water partition coefficient (Wildman–Crippen LogP) is 1.08. The second-order valence-electron chi connectivity index (χ2n) is 5.81.